The van der Waals surface area contributed by atoms with E-state index in [2.05, 4.69) is 21.2 Å². The van der Waals surface area contributed by atoms with Gasteiger partial charge in [-0.25, -0.2) is 4.79 Å². The first-order chi connectivity index (χ1) is 7.65. The van der Waals surface area contributed by atoms with Gasteiger partial charge in [0.2, 0.25) is 0 Å². The average molecular weight is 304 g/mol. The monoisotopic (exact) mass is 303 g/mol. The van der Waals surface area contributed by atoms with Crippen LogP contribution in [0.15, 0.2) is 27.6 Å². The van der Waals surface area contributed by atoms with Gasteiger partial charge in [0, 0.05) is 28.0 Å². The predicted molar refractivity (Wildman–Crippen MR) is 69.7 cm³/mol. The Morgan fingerprint density at radius 2 is 2.44 bits per heavy atom. The number of halogens is 1. The van der Waals surface area contributed by atoms with Crippen LogP contribution < -0.4 is 5.32 Å². The van der Waals surface area contributed by atoms with Crippen molar-refractivity contribution in [3.8, 4) is 0 Å². The smallest absolute Gasteiger partial charge is 0.331 e. The minimum Gasteiger partial charge on any atom is -0.478 e. The maximum absolute atomic E-state index is 10.7. The molecule has 1 rings (SSSR count). The molecule has 0 aliphatic carbocycles. The van der Waals surface area contributed by atoms with E-state index in [0.29, 0.717) is 18.5 Å². The summed E-state index contributed by atoms with van der Waals surface area (Å²) in [4.78, 5) is 11.9. The third-order valence-corrected chi connectivity index (χ3v) is 4.05. The lowest BCUT2D eigenvalue weighted by atomic mass is 10.2. The van der Waals surface area contributed by atoms with Gasteiger partial charge in [0.15, 0.2) is 0 Å². The van der Waals surface area contributed by atoms with Crippen molar-refractivity contribution in [2.75, 3.05) is 6.54 Å². The maximum Gasteiger partial charge on any atom is 0.331 e. The number of hydrogen-bond donors (Lipinski definition) is 2. The molecule has 88 valence electrons. The van der Waals surface area contributed by atoms with Crippen molar-refractivity contribution < 1.29 is 9.90 Å². The molecule has 0 unspecified atom stereocenters. The minimum absolute atomic E-state index is 0.456. The Morgan fingerprint density at radius 3 is 2.94 bits per heavy atom. The van der Waals surface area contributed by atoms with Crippen molar-refractivity contribution in [3.05, 3.63) is 32.4 Å². The highest BCUT2D eigenvalue weighted by Crippen LogP contribution is 2.21. The summed E-state index contributed by atoms with van der Waals surface area (Å²) in [5.74, 6) is -0.832. The zero-order valence-electron chi connectivity index (χ0n) is 9.00. The van der Waals surface area contributed by atoms with Crippen LogP contribution in [0.5, 0.6) is 0 Å². The lowest BCUT2D eigenvalue weighted by Gasteiger charge is -2.01. The van der Waals surface area contributed by atoms with Crippen LogP contribution in [0.4, 0.5) is 0 Å². The van der Waals surface area contributed by atoms with Crippen LogP contribution in [0.2, 0.25) is 0 Å². The Kier molecular flexibility index (Phi) is 5.73. The predicted octanol–water partition coefficient (Wildman–Crippen LogP) is 3.02. The molecule has 0 saturated heterocycles. The Balaban J connectivity index is 2.36. The van der Waals surface area contributed by atoms with Gasteiger partial charge in [-0.15, -0.1) is 11.3 Å². The van der Waals surface area contributed by atoms with Gasteiger partial charge in [-0.1, -0.05) is 13.0 Å². The third kappa shape index (κ3) is 4.08. The summed E-state index contributed by atoms with van der Waals surface area (Å²) in [5.41, 5.74) is 0.456. The van der Waals surface area contributed by atoms with Crippen LogP contribution in [0.25, 0.3) is 0 Å². The van der Waals surface area contributed by atoms with E-state index in [1.165, 1.54) is 4.88 Å². The van der Waals surface area contributed by atoms with Crippen LogP contribution in [0.1, 0.15) is 18.2 Å². The third-order valence-electron chi connectivity index (χ3n) is 2.13. The van der Waals surface area contributed by atoms with Crippen molar-refractivity contribution in [1.29, 1.82) is 0 Å². The number of carbonyl (C=O) groups is 1. The maximum atomic E-state index is 10.7. The number of rotatable bonds is 6. The summed E-state index contributed by atoms with van der Waals surface area (Å²) < 4.78 is 1.10. The van der Waals surface area contributed by atoms with E-state index in [1.54, 1.807) is 17.4 Å². The molecule has 0 bridgehead atoms. The van der Waals surface area contributed by atoms with Gasteiger partial charge in [0.25, 0.3) is 0 Å². The molecular weight excluding hydrogens is 290 g/mol. The van der Waals surface area contributed by atoms with E-state index in [-0.39, 0.29) is 0 Å². The summed E-state index contributed by atoms with van der Waals surface area (Å²) in [7, 11) is 0. The number of carboxylic acids is 1. The lowest BCUT2D eigenvalue weighted by Crippen LogP contribution is -2.14. The first-order valence-corrected chi connectivity index (χ1v) is 6.67. The van der Waals surface area contributed by atoms with Crippen molar-refractivity contribution >= 4 is 33.2 Å². The van der Waals surface area contributed by atoms with Gasteiger partial charge in [-0.2, -0.15) is 0 Å². The molecule has 2 N–H and O–H groups in total. The van der Waals surface area contributed by atoms with Gasteiger partial charge in [0.1, 0.15) is 0 Å². The average Bonchev–Trinajstić information content (AvgIpc) is 2.64. The standard InChI is InChI=1S/C11H14BrNO2S/c1-2-8(11(14)15)3-5-13-7-10-9(12)4-6-16-10/h3-4,6,13H,2,5,7H2,1H3,(H,14,15)/b8-3-. The summed E-state index contributed by atoms with van der Waals surface area (Å²) in [6, 6.07) is 2.01. The first kappa shape index (κ1) is 13.4. The summed E-state index contributed by atoms with van der Waals surface area (Å²) in [5, 5.41) is 14.0. The molecule has 16 heavy (non-hydrogen) atoms. The molecule has 0 radical (unpaired) electrons. The van der Waals surface area contributed by atoms with Crippen LogP contribution in [0.3, 0.4) is 0 Å². The van der Waals surface area contributed by atoms with E-state index in [9.17, 15) is 4.79 Å². The molecule has 0 amide bonds. The number of nitrogens with one attached hydrogen (secondary N) is 1. The Labute approximate surface area is 107 Å². The van der Waals surface area contributed by atoms with Gasteiger partial charge in [-0.05, 0) is 33.8 Å². The van der Waals surface area contributed by atoms with Crippen molar-refractivity contribution in [1.82, 2.24) is 5.32 Å². The van der Waals surface area contributed by atoms with Gasteiger partial charge in [0.05, 0.1) is 0 Å². The quantitative estimate of drug-likeness (QED) is 0.627. The summed E-state index contributed by atoms with van der Waals surface area (Å²) >= 11 is 5.12. The molecule has 0 aliphatic rings. The molecule has 1 aromatic rings. The second kappa shape index (κ2) is 6.83. The lowest BCUT2D eigenvalue weighted by molar-refractivity contribution is -0.132. The zero-order valence-corrected chi connectivity index (χ0v) is 11.4. The number of hydrogen-bond acceptors (Lipinski definition) is 3. The highest BCUT2D eigenvalue weighted by molar-refractivity contribution is 9.10. The molecule has 3 nitrogen and oxygen atoms in total. The second-order valence-electron chi connectivity index (χ2n) is 3.21. The van der Waals surface area contributed by atoms with Crippen molar-refractivity contribution in [2.45, 2.75) is 19.9 Å². The van der Waals surface area contributed by atoms with E-state index in [1.807, 2.05) is 18.4 Å². The largest absolute Gasteiger partial charge is 0.478 e. The Hall–Kier alpha value is -0.650. The highest BCUT2D eigenvalue weighted by atomic mass is 79.9. The molecule has 0 spiro atoms. The Bertz CT molecular complexity index is 387. The topological polar surface area (TPSA) is 49.3 Å². The van der Waals surface area contributed by atoms with Gasteiger partial charge >= 0.3 is 5.97 Å². The molecule has 0 aliphatic heterocycles. The molecule has 1 aromatic heterocycles. The summed E-state index contributed by atoms with van der Waals surface area (Å²) in [6.45, 7) is 3.18. The second-order valence-corrected chi connectivity index (χ2v) is 5.07. The number of thiophene rings is 1. The van der Waals surface area contributed by atoms with Crippen LogP contribution in [-0.4, -0.2) is 17.6 Å². The Morgan fingerprint density at radius 1 is 1.69 bits per heavy atom. The normalized spacial score (nSPS) is 11.8. The van der Waals surface area contributed by atoms with E-state index in [4.69, 9.17) is 5.11 Å². The van der Waals surface area contributed by atoms with E-state index >= 15 is 0 Å². The molecule has 5 heteroatoms. The van der Waals surface area contributed by atoms with E-state index in [0.717, 1.165) is 11.0 Å². The fourth-order valence-electron chi connectivity index (χ4n) is 1.22. The molecule has 0 fully saturated rings. The van der Waals surface area contributed by atoms with Gasteiger partial charge in [-0.3, -0.25) is 0 Å². The van der Waals surface area contributed by atoms with Crippen LogP contribution in [-0.2, 0) is 11.3 Å². The summed E-state index contributed by atoms with van der Waals surface area (Å²) in [6.07, 6.45) is 2.28. The molecular formula is C11H14BrNO2S. The molecule has 0 aromatic carbocycles. The first-order valence-electron chi connectivity index (χ1n) is 5.00. The minimum atomic E-state index is -0.832. The fraction of sp³-hybridized carbons (Fsp3) is 0.364. The van der Waals surface area contributed by atoms with Crippen LogP contribution in [0, 0.1) is 0 Å². The van der Waals surface area contributed by atoms with E-state index < -0.39 is 5.97 Å². The molecule has 0 atom stereocenters. The number of aliphatic carboxylic acids is 1. The van der Waals surface area contributed by atoms with Gasteiger partial charge < -0.3 is 10.4 Å². The fourth-order valence-corrected chi connectivity index (χ4v) is 2.68. The molecule has 0 saturated carbocycles. The molecule has 1 heterocycles. The number of carboxylic acid groups (broad SMARTS) is 1. The highest BCUT2D eigenvalue weighted by Gasteiger charge is 2.03. The zero-order chi connectivity index (χ0) is 12.0. The van der Waals surface area contributed by atoms with Crippen molar-refractivity contribution in [3.63, 3.8) is 0 Å². The van der Waals surface area contributed by atoms with Crippen LogP contribution >= 0.6 is 27.3 Å². The van der Waals surface area contributed by atoms with Crippen molar-refractivity contribution in [2.24, 2.45) is 0 Å². The SMILES string of the molecule is CC/C(=C/CNCc1sccc1Br)C(=O)O.